The van der Waals surface area contributed by atoms with Gasteiger partial charge in [0.2, 0.25) is 11.5 Å². The first-order chi connectivity index (χ1) is 15.3. The third-order valence-electron chi connectivity index (χ3n) is 6.22. The number of rotatable bonds is 2. The molecule has 1 aliphatic carbocycles. The van der Waals surface area contributed by atoms with Crippen LogP contribution in [0.15, 0.2) is 60.7 Å². The monoisotopic (exact) mass is 428 g/mol. The maximum atomic E-state index is 10.8. The fourth-order valence-corrected chi connectivity index (χ4v) is 4.55. The van der Waals surface area contributed by atoms with Crippen LogP contribution in [0.5, 0.6) is 34.5 Å². The Hall–Kier alpha value is -4.32. The van der Waals surface area contributed by atoms with E-state index in [1.165, 1.54) is 24.3 Å². The van der Waals surface area contributed by atoms with Crippen LogP contribution in [0.2, 0.25) is 0 Å². The molecule has 32 heavy (non-hydrogen) atoms. The summed E-state index contributed by atoms with van der Waals surface area (Å²) in [5, 5.41) is 65.5. The van der Waals surface area contributed by atoms with Crippen LogP contribution < -0.4 is 10.4 Å². The van der Waals surface area contributed by atoms with Crippen molar-refractivity contribution in [2.45, 2.75) is 11.8 Å². The van der Waals surface area contributed by atoms with Crippen LogP contribution in [0.3, 0.4) is 0 Å². The summed E-state index contributed by atoms with van der Waals surface area (Å²) in [5.41, 5.74) is -0.758. The molecule has 0 radical (unpaired) electrons. The molecule has 0 bridgehead atoms. The van der Waals surface area contributed by atoms with E-state index in [4.69, 9.17) is 0 Å². The molecule has 4 aromatic rings. The zero-order valence-corrected chi connectivity index (χ0v) is 16.8. The quantitative estimate of drug-likeness (QED) is 0.273. The van der Waals surface area contributed by atoms with Crippen LogP contribution in [0, 0.1) is 0 Å². The molecular weight excluding hydrogens is 408 g/mol. The molecule has 160 valence electrons. The highest BCUT2D eigenvalue weighted by Gasteiger charge is 2.39. The van der Waals surface area contributed by atoms with Gasteiger partial charge < -0.3 is 30.6 Å². The van der Waals surface area contributed by atoms with Crippen molar-refractivity contribution in [2.75, 3.05) is 0 Å². The summed E-state index contributed by atoms with van der Waals surface area (Å²) < 4.78 is 0. The molecule has 0 aromatic heterocycles. The van der Waals surface area contributed by atoms with Crippen LogP contribution in [-0.2, 0) is 5.41 Å². The molecule has 4 aromatic carbocycles. The van der Waals surface area contributed by atoms with E-state index >= 15 is 0 Å². The van der Waals surface area contributed by atoms with E-state index in [0.717, 1.165) is 21.2 Å². The molecule has 5 rings (SSSR count). The topological polar surface area (TPSA) is 121 Å². The Labute approximate surface area is 182 Å². The smallest absolute Gasteiger partial charge is 0.200 e. The molecule has 0 unspecified atom stereocenters. The summed E-state index contributed by atoms with van der Waals surface area (Å²) in [6, 6.07) is 17.4. The van der Waals surface area contributed by atoms with Crippen molar-refractivity contribution in [3.8, 4) is 34.5 Å². The molecule has 0 spiro atoms. The second-order valence-corrected chi connectivity index (χ2v) is 8.01. The third kappa shape index (κ3) is 2.73. The molecule has 0 saturated carbocycles. The molecule has 1 aliphatic rings. The van der Waals surface area contributed by atoms with Gasteiger partial charge in [-0.25, -0.2) is 0 Å². The minimum Gasteiger partial charge on any atom is -0.504 e. The highest BCUT2D eigenvalue weighted by molar-refractivity contribution is 5.84. The first-order valence-corrected chi connectivity index (χ1v) is 10.0. The van der Waals surface area contributed by atoms with Gasteiger partial charge in [-0.3, -0.25) is 0 Å². The zero-order valence-electron chi connectivity index (χ0n) is 16.8. The molecular formula is C26H20O6. The van der Waals surface area contributed by atoms with Crippen molar-refractivity contribution in [3.05, 3.63) is 82.2 Å². The lowest BCUT2D eigenvalue weighted by Crippen LogP contribution is -2.37. The SMILES string of the molecule is Oc1ccc(C2(c3ccc(O)c(O)c3O)C=c3cc4ccccc4cc3=CC2)c(O)c1O. The highest BCUT2D eigenvalue weighted by Crippen LogP contribution is 2.52. The second kappa shape index (κ2) is 6.85. The molecule has 6 N–H and O–H groups in total. The predicted molar refractivity (Wildman–Crippen MR) is 120 cm³/mol. The largest absolute Gasteiger partial charge is 0.504 e. The molecule has 0 amide bonds. The number of hydrogen-bond donors (Lipinski definition) is 6. The first-order valence-electron chi connectivity index (χ1n) is 10.0. The fourth-order valence-electron chi connectivity index (χ4n) is 4.55. The second-order valence-electron chi connectivity index (χ2n) is 8.01. The van der Waals surface area contributed by atoms with E-state index < -0.39 is 39.9 Å². The van der Waals surface area contributed by atoms with Crippen LogP contribution in [-0.4, -0.2) is 30.6 Å². The van der Waals surface area contributed by atoms with Gasteiger partial charge >= 0.3 is 0 Å². The fraction of sp³-hybridized carbons (Fsp3) is 0.0769. The van der Waals surface area contributed by atoms with Crippen molar-refractivity contribution in [2.24, 2.45) is 0 Å². The maximum Gasteiger partial charge on any atom is 0.200 e. The normalized spacial score (nSPS) is 14.4. The number of phenolic OH excluding ortho intramolecular Hbond substituents is 6. The number of aromatic hydroxyl groups is 6. The van der Waals surface area contributed by atoms with E-state index in [-0.39, 0.29) is 17.5 Å². The van der Waals surface area contributed by atoms with Gasteiger partial charge in [-0.1, -0.05) is 48.6 Å². The summed E-state index contributed by atoms with van der Waals surface area (Å²) in [4.78, 5) is 0. The van der Waals surface area contributed by atoms with Gasteiger partial charge in [0.15, 0.2) is 23.0 Å². The lowest BCUT2D eigenvalue weighted by atomic mass is 9.68. The van der Waals surface area contributed by atoms with Crippen LogP contribution >= 0.6 is 0 Å². The Morgan fingerprint density at radius 1 is 0.562 bits per heavy atom. The van der Waals surface area contributed by atoms with Gasteiger partial charge in [0.25, 0.3) is 0 Å². The molecule has 0 heterocycles. The molecule has 0 atom stereocenters. The summed E-state index contributed by atoms with van der Waals surface area (Å²) in [5.74, 6) is -3.39. The average molecular weight is 428 g/mol. The molecule has 0 fully saturated rings. The third-order valence-corrected chi connectivity index (χ3v) is 6.22. The van der Waals surface area contributed by atoms with E-state index in [1.54, 1.807) is 0 Å². The standard InChI is InChI=1S/C26H20O6/c27-20-7-5-18(22(29)24(20)31)26(19-6-8-21(28)25(32)23(19)30)10-9-16-11-14-3-1-2-4-15(14)12-17(16)13-26/h1-9,11-13,27-32H,10H2. The Bertz CT molecular complexity index is 1460. The first kappa shape index (κ1) is 19.6. The Morgan fingerprint density at radius 3 is 1.59 bits per heavy atom. The predicted octanol–water partition coefficient (Wildman–Crippen LogP) is 3.02. The van der Waals surface area contributed by atoms with Crippen molar-refractivity contribution in [1.29, 1.82) is 0 Å². The Kier molecular flexibility index (Phi) is 4.20. The van der Waals surface area contributed by atoms with Crippen LogP contribution in [0.4, 0.5) is 0 Å². The Morgan fingerprint density at radius 2 is 1.06 bits per heavy atom. The number of phenols is 6. The van der Waals surface area contributed by atoms with Crippen LogP contribution in [0.1, 0.15) is 17.5 Å². The van der Waals surface area contributed by atoms with Gasteiger partial charge in [0.05, 0.1) is 5.41 Å². The lowest BCUT2D eigenvalue weighted by molar-refractivity contribution is 0.355. The van der Waals surface area contributed by atoms with E-state index in [9.17, 15) is 30.6 Å². The lowest BCUT2D eigenvalue weighted by Gasteiger charge is -2.34. The summed E-state index contributed by atoms with van der Waals surface area (Å²) in [6.07, 6.45) is 4.08. The van der Waals surface area contributed by atoms with Gasteiger partial charge in [0, 0.05) is 11.1 Å². The summed E-state index contributed by atoms with van der Waals surface area (Å²) >= 11 is 0. The Balaban J connectivity index is 1.90. The van der Waals surface area contributed by atoms with Crippen LogP contribution in [0.25, 0.3) is 22.9 Å². The minimum absolute atomic E-state index is 0.225. The molecule has 6 nitrogen and oxygen atoms in total. The van der Waals surface area contributed by atoms with Crippen molar-refractivity contribution >= 4 is 22.9 Å². The number of fused-ring (bicyclic) bond motifs is 2. The average Bonchev–Trinajstić information content (AvgIpc) is 2.79. The zero-order chi connectivity index (χ0) is 22.6. The molecule has 6 heteroatoms. The van der Waals surface area contributed by atoms with E-state index in [2.05, 4.69) is 0 Å². The summed E-state index contributed by atoms with van der Waals surface area (Å²) in [6.45, 7) is 0. The minimum atomic E-state index is -1.21. The molecule has 0 saturated heterocycles. The summed E-state index contributed by atoms with van der Waals surface area (Å²) in [7, 11) is 0. The van der Waals surface area contributed by atoms with Gasteiger partial charge in [-0.2, -0.15) is 0 Å². The number of hydrogen-bond acceptors (Lipinski definition) is 6. The molecule has 0 aliphatic heterocycles. The van der Waals surface area contributed by atoms with E-state index in [0.29, 0.717) is 0 Å². The van der Waals surface area contributed by atoms with Crippen molar-refractivity contribution in [3.63, 3.8) is 0 Å². The van der Waals surface area contributed by atoms with Crippen molar-refractivity contribution in [1.82, 2.24) is 0 Å². The van der Waals surface area contributed by atoms with Gasteiger partial charge in [-0.15, -0.1) is 0 Å². The van der Waals surface area contributed by atoms with Crippen molar-refractivity contribution < 1.29 is 30.6 Å². The maximum absolute atomic E-state index is 10.8. The van der Waals surface area contributed by atoms with Gasteiger partial charge in [-0.05, 0) is 51.9 Å². The highest BCUT2D eigenvalue weighted by atomic mass is 16.3. The van der Waals surface area contributed by atoms with Gasteiger partial charge in [0.1, 0.15) is 0 Å². The number of benzene rings is 4. The van der Waals surface area contributed by atoms with E-state index in [1.807, 2.05) is 48.6 Å².